The first-order valence-corrected chi connectivity index (χ1v) is 6.86. The third-order valence-electron chi connectivity index (χ3n) is 2.44. The van der Waals surface area contributed by atoms with Crippen molar-refractivity contribution in [3.63, 3.8) is 0 Å². The lowest BCUT2D eigenvalue weighted by molar-refractivity contribution is 0.602. The Kier molecular flexibility index (Phi) is 2.80. The van der Waals surface area contributed by atoms with E-state index in [2.05, 4.69) is 5.10 Å². The molecule has 0 aliphatic heterocycles. The van der Waals surface area contributed by atoms with Gasteiger partial charge in [-0.2, -0.15) is 10.4 Å². The number of nitrogen functional groups attached to an aromatic ring is 1. The zero-order valence-electron chi connectivity index (χ0n) is 9.53. The summed E-state index contributed by atoms with van der Waals surface area (Å²) in [5.41, 5.74) is 6.88. The van der Waals surface area contributed by atoms with Gasteiger partial charge in [0.1, 0.15) is 11.0 Å². The molecule has 2 N–H and O–H groups in total. The van der Waals surface area contributed by atoms with Crippen molar-refractivity contribution in [3.05, 3.63) is 36.2 Å². The van der Waals surface area contributed by atoms with Crippen molar-refractivity contribution in [2.24, 2.45) is 0 Å². The highest BCUT2D eigenvalue weighted by Gasteiger charge is 2.13. The van der Waals surface area contributed by atoms with Gasteiger partial charge in [-0.1, -0.05) is 6.07 Å². The summed E-state index contributed by atoms with van der Waals surface area (Å²) in [5, 5.41) is 12.8. The van der Waals surface area contributed by atoms with Crippen LogP contribution in [0, 0.1) is 11.3 Å². The molecule has 0 aliphatic rings. The molecule has 1 heterocycles. The van der Waals surface area contributed by atoms with E-state index < -0.39 is 9.84 Å². The van der Waals surface area contributed by atoms with Crippen LogP contribution in [-0.4, -0.2) is 24.5 Å². The minimum atomic E-state index is -3.31. The molecule has 0 radical (unpaired) electrons. The number of nitrogens with two attached hydrogens (primary N) is 1. The molecule has 7 heteroatoms. The summed E-state index contributed by atoms with van der Waals surface area (Å²) in [6.45, 7) is 0. The number of nitrogens with zero attached hydrogens (tertiary/aromatic N) is 3. The zero-order valence-corrected chi connectivity index (χ0v) is 10.3. The largest absolute Gasteiger partial charge is 0.396 e. The Labute approximate surface area is 104 Å². The minimum absolute atomic E-state index is 0.101. The fourth-order valence-electron chi connectivity index (χ4n) is 1.48. The molecule has 2 rings (SSSR count). The lowest BCUT2D eigenvalue weighted by Gasteiger charge is -2.06. The topological polar surface area (TPSA) is 102 Å². The van der Waals surface area contributed by atoms with Gasteiger partial charge >= 0.3 is 0 Å². The molecule has 18 heavy (non-hydrogen) atoms. The van der Waals surface area contributed by atoms with Gasteiger partial charge in [0.2, 0.25) is 0 Å². The SMILES string of the molecule is CS(=O)(=O)c1cnn(-c2cccc(C#N)c2N)c1. The van der Waals surface area contributed by atoms with Gasteiger partial charge in [-0.25, -0.2) is 13.1 Å². The molecule has 2 aromatic rings. The number of sulfone groups is 1. The van der Waals surface area contributed by atoms with Crippen molar-refractivity contribution in [2.75, 3.05) is 12.0 Å². The summed E-state index contributed by atoms with van der Waals surface area (Å²) >= 11 is 0. The van der Waals surface area contributed by atoms with Gasteiger partial charge in [0, 0.05) is 12.5 Å². The minimum Gasteiger partial charge on any atom is -0.396 e. The van der Waals surface area contributed by atoms with Crippen LogP contribution >= 0.6 is 0 Å². The summed E-state index contributed by atoms with van der Waals surface area (Å²) in [4.78, 5) is 0.101. The van der Waals surface area contributed by atoms with Crippen LogP contribution in [0.4, 0.5) is 5.69 Å². The van der Waals surface area contributed by atoms with E-state index in [9.17, 15) is 8.42 Å². The molecule has 1 aromatic heterocycles. The van der Waals surface area contributed by atoms with Gasteiger partial charge in [-0.15, -0.1) is 0 Å². The molecule has 92 valence electrons. The van der Waals surface area contributed by atoms with Crippen LogP contribution < -0.4 is 5.73 Å². The first-order chi connectivity index (χ1) is 8.43. The molecule has 0 fully saturated rings. The van der Waals surface area contributed by atoms with E-state index in [4.69, 9.17) is 11.0 Å². The molecule has 0 aliphatic carbocycles. The van der Waals surface area contributed by atoms with E-state index in [1.54, 1.807) is 18.2 Å². The molecule has 0 unspecified atom stereocenters. The second-order valence-corrected chi connectivity index (χ2v) is 5.76. The van der Waals surface area contributed by atoms with Crippen LogP contribution in [0.3, 0.4) is 0 Å². The van der Waals surface area contributed by atoms with Crippen LogP contribution in [0.25, 0.3) is 5.69 Å². The lowest BCUT2D eigenvalue weighted by Crippen LogP contribution is -2.02. The lowest BCUT2D eigenvalue weighted by atomic mass is 10.1. The second kappa shape index (κ2) is 4.16. The fraction of sp³-hybridized carbons (Fsp3) is 0.0909. The Balaban J connectivity index is 2.58. The maximum Gasteiger partial charge on any atom is 0.178 e. The van der Waals surface area contributed by atoms with Crippen LogP contribution in [0.15, 0.2) is 35.5 Å². The number of aromatic nitrogens is 2. The Bertz CT molecular complexity index is 741. The molecule has 0 atom stereocenters. The molecule has 1 aromatic carbocycles. The van der Waals surface area contributed by atoms with Crippen LogP contribution in [0.1, 0.15) is 5.56 Å². The summed E-state index contributed by atoms with van der Waals surface area (Å²) < 4.78 is 24.0. The van der Waals surface area contributed by atoms with Crippen molar-refractivity contribution in [1.82, 2.24) is 9.78 Å². The number of benzene rings is 1. The van der Waals surface area contributed by atoms with E-state index in [-0.39, 0.29) is 10.6 Å². The standard InChI is InChI=1S/C11H10N4O2S/c1-18(16,17)9-6-14-15(7-9)10-4-2-3-8(5-12)11(10)13/h2-4,6-7H,13H2,1H3. The molecule has 0 saturated carbocycles. The smallest absolute Gasteiger partial charge is 0.178 e. The van der Waals surface area contributed by atoms with Crippen LogP contribution in [0.2, 0.25) is 0 Å². The van der Waals surface area contributed by atoms with Crippen LogP contribution in [0.5, 0.6) is 0 Å². The average Bonchev–Trinajstić information content (AvgIpc) is 2.78. The second-order valence-electron chi connectivity index (χ2n) is 3.74. The van der Waals surface area contributed by atoms with Gasteiger partial charge in [0.05, 0.1) is 23.1 Å². The van der Waals surface area contributed by atoms with Crippen molar-refractivity contribution < 1.29 is 8.42 Å². The maximum absolute atomic E-state index is 11.3. The normalized spacial score (nSPS) is 11.1. The summed E-state index contributed by atoms with van der Waals surface area (Å²) in [7, 11) is -3.31. The van der Waals surface area contributed by atoms with Crippen molar-refractivity contribution in [3.8, 4) is 11.8 Å². The highest BCUT2D eigenvalue weighted by Crippen LogP contribution is 2.21. The number of rotatable bonds is 2. The van der Waals surface area contributed by atoms with Gasteiger partial charge < -0.3 is 5.73 Å². The van der Waals surface area contributed by atoms with Gasteiger partial charge in [-0.3, -0.25) is 0 Å². The van der Waals surface area contributed by atoms with E-state index >= 15 is 0 Å². The Morgan fingerprint density at radius 2 is 2.17 bits per heavy atom. The number of hydrogen-bond acceptors (Lipinski definition) is 5. The molecule has 0 amide bonds. The fourth-order valence-corrected chi connectivity index (χ4v) is 2.01. The van der Waals surface area contributed by atoms with E-state index in [1.807, 2.05) is 6.07 Å². The predicted molar refractivity (Wildman–Crippen MR) is 65.8 cm³/mol. The molecule has 0 bridgehead atoms. The third kappa shape index (κ3) is 2.06. The van der Waals surface area contributed by atoms with Gasteiger partial charge in [0.15, 0.2) is 9.84 Å². The molecule has 0 spiro atoms. The number of hydrogen-bond donors (Lipinski definition) is 1. The van der Waals surface area contributed by atoms with Crippen molar-refractivity contribution >= 4 is 15.5 Å². The highest BCUT2D eigenvalue weighted by molar-refractivity contribution is 7.90. The number of para-hydroxylation sites is 1. The number of nitriles is 1. The summed E-state index contributed by atoms with van der Waals surface area (Å²) in [5.74, 6) is 0. The highest BCUT2D eigenvalue weighted by atomic mass is 32.2. The Morgan fingerprint density at radius 3 is 2.72 bits per heavy atom. The van der Waals surface area contributed by atoms with Crippen molar-refractivity contribution in [1.29, 1.82) is 5.26 Å². The van der Waals surface area contributed by atoms with Crippen molar-refractivity contribution in [2.45, 2.75) is 4.90 Å². The Hall–Kier alpha value is -2.33. The molecular formula is C11H10N4O2S. The number of anilines is 1. The first kappa shape index (κ1) is 12.1. The van der Waals surface area contributed by atoms with Gasteiger partial charge in [0.25, 0.3) is 0 Å². The van der Waals surface area contributed by atoms with E-state index in [1.165, 1.54) is 17.1 Å². The van der Waals surface area contributed by atoms with E-state index in [0.29, 0.717) is 11.3 Å². The van der Waals surface area contributed by atoms with Gasteiger partial charge in [-0.05, 0) is 12.1 Å². The van der Waals surface area contributed by atoms with Crippen LogP contribution in [-0.2, 0) is 9.84 Å². The molecular weight excluding hydrogens is 252 g/mol. The monoisotopic (exact) mass is 262 g/mol. The summed E-state index contributed by atoms with van der Waals surface area (Å²) in [6, 6.07) is 6.86. The quantitative estimate of drug-likeness (QED) is 0.804. The Morgan fingerprint density at radius 1 is 1.44 bits per heavy atom. The first-order valence-electron chi connectivity index (χ1n) is 4.97. The molecule has 0 saturated heterocycles. The van der Waals surface area contributed by atoms with E-state index in [0.717, 1.165) is 6.26 Å². The maximum atomic E-state index is 11.3. The predicted octanol–water partition coefficient (Wildman–Crippen LogP) is 0.730. The summed E-state index contributed by atoms with van der Waals surface area (Å²) in [6.07, 6.45) is 3.71. The zero-order chi connectivity index (χ0) is 13.3. The third-order valence-corrected chi connectivity index (χ3v) is 3.50. The molecule has 6 nitrogen and oxygen atoms in total. The average molecular weight is 262 g/mol.